The van der Waals surface area contributed by atoms with E-state index in [1.807, 2.05) is 19.1 Å². The van der Waals surface area contributed by atoms with E-state index in [0.29, 0.717) is 40.5 Å². The third kappa shape index (κ3) is 3.35. The fourth-order valence-electron chi connectivity index (χ4n) is 4.95. The monoisotopic (exact) mass is 448 g/mol. The first-order valence-corrected chi connectivity index (χ1v) is 11.1. The van der Waals surface area contributed by atoms with Gasteiger partial charge >= 0.3 is 0 Å². The van der Waals surface area contributed by atoms with E-state index in [0.717, 1.165) is 30.1 Å². The van der Waals surface area contributed by atoms with Crippen molar-refractivity contribution >= 4 is 28.3 Å². The highest BCUT2D eigenvalue weighted by Gasteiger charge is 2.55. The summed E-state index contributed by atoms with van der Waals surface area (Å²) in [4.78, 5) is 28.2. The summed E-state index contributed by atoms with van der Waals surface area (Å²) in [5.74, 6) is 3.03. The summed E-state index contributed by atoms with van der Waals surface area (Å²) >= 11 is 6.00. The van der Waals surface area contributed by atoms with Gasteiger partial charge in [0.15, 0.2) is 11.5 Å². The van der Waals surface area contributed by atoms with Crippen LogP contribution in [0.5, 0.6) is 0 Å². The molecule has 0 amide bonds. The normalized spacial score (nSPS) is 21.8. The van der Waals surface area contributed by atoms with Gasteiger partial charge in [-0.2, -0.15) is 4.98 Å². The highest BCUT2D eigenvalue weighted by molar-refractivity contribution is 6.30. The molecule has 162 valence electrons. The maximum atomic E-state index is 12.8. The Hall–Kier alpha value is -3.26. The number of nitrogens with zero attached hydrogens (tertiary/aromatic N) is 6. The van der Waals surface area contributed by atoms with Crippen LogP contribution in [0.1, 0.15) is 17.3 Å². The minimum Gasteiger partial charge on any atom is -0.371 e. The van der Waals surface area contributed by atoms with Gasteiger partial charge in [-0.1, -0.05) is 16.8 Å². The number of aryl methyl sites for hydroxylation is 1. The van der Waals surface area contributed by atoms with E-state index in [1.54, 1.807) is 12.3 Å². The molecule has 1 aliphatic heterocycles. The number of piperidine rings is 1. The van der Waals surface area contributed by atoms with Gasteiger partial charge in [0, 0.05) is 36.4 Å². The number of hydrogen-bond acceptors (Lipinski definition) is 7. The SMILES string of the molecule is Cc1ccnc2ncn(Cc3nc(CC4[C@H]5CN(c6ccc(Cl)cc6)C[C@@H]45)no3)c(=O)c12. The summed E-state index contributed by atoms with van der Waals surface area (Å²) in [6.45, 7) is 4.17. The van der Waals surface area contributed by atoms with Gasteiger partial charge in [-0.3, -0.25) is 9.36 Å². The van der Waals surface area contributed by atoms with Crippen LogP contribution >= 0.6 is 11.6 Å². The third-order valence-corrected chi connectivity index (χ3v) is 6.98. The molecule has 1 aliphatic carbocycles. The quantitative estimate of drug-likeness (QED) is 0.463. The first-order chi connectivity index (χ1) is 15.6. The second-order valence-corrected chi connectivity index (χ2v) is 9.12. The zero-order valence-electron chi connectivity index (χ0n) is 17.5. The standard InChI is InChI=1S/C23H21ClN6O2/c1-13-6-7-25-22-21(13)23(31)30(12-26-22)11-20-27-19(28-32-20)8-16-17-9-29(10-18(16)17)15-4-2-14(24)3-5-15/h2-7,12,16-18H,8-11H2,1H3/t16?,17-,18+. The number of halogens is 1. The van der Waals surface area contributed by atoms with E-state index in [-0.39, 0.29) is 12.1 Å². The van der Waals surface area contributed by atoms with Crippen molar-refractivity contribution in [2.45, 2.75) is 19.9 Å². The number of aromatic nitrogens is 5. The molecule has 4 aromatic rings. The molecule has 0 bridgehead atoms. The number of fused-ring (bicyclic) bond motifs is 2. The first-order valence-electron chi connectivity index (χ1n) is 10.7. The van der Waals surface area contributed by atoms with Gasteiger partial charge in [0.25, 0.3) is 5.56 Å². The van der Waals surface area contributed by atoms with E-state index in [4.69, 9.17) is 16.1 Å². The molecule has 9 heteroatoms. The Kier molecular flexibility index (Phi) is 4.50. The van der Waals surface area contributed by atoms with Crippen molar-refractivity contribution < 1.29 is 4.52 Å². The fourth-order valence-corrected chi connectivity index (χ4v) is 5.07. The number of benzene rings is 1. The maximum Gasteiger partial charge on any atom is 0.263 e. The van der Waals surface area contributed by atoms with Gasteiger partial charge in [0.1, 0.15) is 12.9 Å². The molecule has 3 aromatic heterocycles. The van der Waals surface area contributed by atoms with Crippen molar-refractivity contribution in [1.82, 2.24) is 24.7 Å². The van der Waals surface area contributed by atoms with E-state index in [2.05, 4.69) is 37.1 Å². The van der Waals surface area contributed by atoms with E-state index >= 15 is 0 Å². The zero-order valence-corrected chi connectivity index (χ0v) is 18.2. The van der Waals surface area contributed by atoms with Crippen LogP contribution in [0.3, 0.4) is 0 Å². The molecule has 2 aliphatic rings. The second kappa shape index (κ2) is 7.41. The van der Waals surface area contributed by atoms with Crippen LogP contribution in [-0.4, -0.2) is 37.8 Å². The minimum absolute atomic E-state index is 0.153. The summed E-state index contributed by atoms with van der Waals surface area (Å²) in [6.07, 6.45) is 3.94. The van der Waals surface area contributed by atoms with Gasteiger partial charge < -0.3 is 9.42 Å². The van der Waals surface area contributed by atoms with Crippen LogP contribution in [0.25, 0.3) is 11.0 Å². The molecule has 0 N–H and O–H groups in total. The van der Waals surface area contributed by atoms with Crippen LogP contribution in [0.15, 0.2) is 52.2 Å². The Balaban J connectivity index is 1.11. The molecule has 3 atom stereocenters. The van der Waals surface area contributed by atoms with Gasteiger partial charge in [0.05, 0.1) is 5.39 Å². The molecular formula is C23H21ClN6O2. The molecule has 0 spiro atoms. The maximum absolute atomic E-state index is 12.8. The average Bonchev–Trinajstić information content (AvgIpc) is 3.12. The molecule has 32 heavy (non-hydrogen) atoms. The van der Waals surface area contributed by atoms with E-state index in [1.165, 1.54) is 16.6 Å². The van der Waals surface area contributed by atoms with Crippen LogP contribution in [0.4, 0.5) is 5.69 Å². The third-order valence-electron chi connectivity index (χ3n) is 6.73. The second-order valence-electron chi connectivity index (χ2n) is 8.69. The fraction of sp³-hybridized carbons (Fsp3) is 0.348. The van der Waals surface area contributed by atoms with Gasteiger partial charge in [-0.25, -0.2) is 9.97 Å². The Morgan fingerprint density at radius 2 is 1.91 bits per heavy atom. The first kappa shape index (κ1) is 19.4. The number of rotatable bonds is 5. The van der Waals surface area contributed by atoms with Crippen LogP contribution in [-0.2, 0) is 13.0 Å². The van der Waals surface area contributed by atoms with Crippen molar-refractivity contribution in [3.05, 3.63) is 75.5 Å². The Bertz CT molecular complexity index is 1350. The van der Waals surface area contributed by atoms with E-state index in [9.17, 15) is 4.79 Å². The Morgan fingerprint density at radius 3 is 2.69 bits per heavy atom. The predicted molar refractivity (Wildman–Crippen MR) is 120 cm³/mol. The summed E-state index contributed by atoms with van der Waals surface area (Å²) in [5.41, 5.74) is 2.37. The highest BCUT2D eigenvalue weighted by atomic mass is 35.5. The molecule has 4 heterocycles. The smallest absolute Gasteiger partial charge is 0.263 e. The van der Waals surface area contributed by atoms with Gasteiger partial charge in [-0.05, 0) is 60.6 Å². The molecular weight excluding hydrogens is 428 g/mol. The van der Waals surface area contributed by atoms with Crippen molar-refractivity contribution in [2.24, 2.45) is 17.8 Å². The summed E-state index contributed by atoms with van der Waals surface area (Å²) < 4.78 is 6.92. The lowest BCUT2D eigenvalue weighted by Crippen LogP contribution is -2.24. The molecule has 0 radical (unpaired) electrons. The largest absolute Gasteiger partial charge is 0.371 e. The van der Waals surface area contributed by atoms with Crippen molar-refractivity contribution in [2.75, 3.05) is 18.0 Å². The minimum atomic E-state index is -0.153. The predicted octanol–water partition coefficient (Wildman–Crippen LogP) is 3.11. The zero-order chi connectivity index (χ0) is 21.8. The Morgan fingerprint density at radius 1 is 1.12 bits per heavy atom. The van der Waals surface area contributed by atoms with Crippen LogP contribution < -0.4 is 10.5 Å². The molecule has 1 saturated heterocycles. The topological polar surface area (TPSA) is 89.9 Å². The van der Waals surface area contributed by atoms with Crippen molar-refractivity contribution in [1.29, 1.82) is 0 Å². The summed E-state index contributed by atoms with van der Waals surface area (Å²) in [7, 11) is 0. The average molecular weight is 449 g/mol. The number of pyridine rings is 1. The molecule has 1 aromatic carbocycles. The van der Waals surface area contributed by atoms with Crippen LogP contribution in [0.2, 0.25) is 5.02 Å². The molecule has 1 saturated carbocycles. The van der Waals surface area contributed by atoms with Crippen LogP contribution in [0, 0.1) is 24.7 Å². The molecule has 2 fully saturated rings. The number of hydrogen-bond donors (Lipinski definition) is 0. The van der Waals surface area contributed by atoms with Gasteiger partial charge in [0.2, 0.25) is 5.89 Å². The molecule has 6 rings (SSSR count). The van der Waals surface area contributed by atoms with Crippen molar-refractivity contribution in [3.63, 3.8) is 0 Å². The molecule has 1 unspecified atom stereocenters. The lowest BCUT2D eigenvalue weighted by atomic mass is 10.1. The van der Waals surface area contributed by atoms with E-state index < -0.39 is 0 Å². The molecule has 8 nitrogen and oxygen atoms in total. The Labute approximate surface area is 188 Å². The summed E-state index contributed by atoms with van der Waals surface area (Å²) in [6, 6.07) is 9.84. The number of anilines is 1. The highest BCUT2D eigenvalue weighted by Crippen LogP contribution is 2.53. The lowest BCUT2D eigenvalue weighted by molar-refractivity contribution is 0.363. The lowest BCUT2D eigenvalue weighted by Gasteiger charge is -2.21. The van der Waals surface area contributed by atoms with Gasteiger partial charge in [-0.15, -0.1) is 0 Å². The van der Waals surface area contributed by atoms with Crippen molar-refractivity contribution in [3.8, 4) is 0 Å². The summed E-state index contributed by atoms with van der Waals surface area (Å²) in [5, 5.41) is 5.43.